The van der Waals surface area contributed by atoms with E-state index in [1.807, 2.05) is 19.1 Å². The van der Waals surface area contributed by atoms with Gasteiger partial charge in [-0.25, -0.2) is 4.98 Å². The third kappa shape index (κ3) is 2.79. The Kier molecular flexibility index (Phi) is 4.02. The van der Waals surface area contributed by atoms with Gasteiger partial charge in [-0.05, 0) is 44.0 Å². The van der Waals surface area contributed by atoms with Crippen molar-refractivity contribution in [3.05, 3.63) is 28.5 Å². The lowest BCUT2D eigenvalue weighted by molar-refractivity contribution is 0.674. The SMILES string of the molecule is Cc1c(Cl)ccc2[nH]c(CCCCCN)nc12. The monoisotopic (exact) mass is 251 g/mol. The molecule has 0 aliphatic rings. The van der Waals surface area contributed by atoms with Crippen LogP contribution in [0.4, 0.5) is 0 Å². The fourth-order valence-corrected chi connectivity index (χ4v) is 2.12. The number of nitrogens with zero attached hydrogens (tertiary/aromatic N) is 1. The summed E-state index contributed by atoms with van der Waals surface area (Å²) in [6.07, 6.45) is 4.36. The molecule has 17 heavy (non-hydrogen) atoms. The Morgan fingerprint density at radius 2 is 2.12 bits per heavy atom. The van der Waals surface area contributed by atoms with Gasteiger partial charge in [-0.3, -0.25) is 0 Å². The number of nitrogens with one attached hydrogen (secondary N) is 1. The zero-order chi connectivity index (χ0) is 12.3. The van der Waals surface area contributed by atoms with Crippen LogP contribution in [-0.4, -0.2) is 16.5 Å². The summed E-state index contributed by atoms with van der Waals surface area (Å²) >= 11 is 6.07. The first kappa shape index (κ1) is 12.4. The second kappa shape index (κ2) is 5.52. The molecule has 0 unspecified atom stereocenters. The maximum Gasteiger partial charge on any atom is 0.107 e. The molecule has 0 spiro atoms. The molecule has 0 saturated heterocycles. The van der Waals surface area contributed by atoms with Crippen molar-refractivity contribution in [2.24, 2.45) is 5.73 Å². The zero-order valence-electron chi connectivity index (χ0n) is 10.1. The van der Waals surface area contributed by atoms with E-state index in [1.54, 1.807) is 0 Å². The second-order valence-electron chi connectivity index (χ2n) is 4.35. The lowest BCUT2D eigenvalue weighted by Gasteiger charge is -1.96. The smallest absolute Gasteiger partial charge is 0.107 e. The maximum atomic E-state index is 6.07. The Morgan fingerprint density at radius 1 is 1.29 bits per heavy atom. The number of H-pyrrole nitrogens is 1. The van der Waals surface area contributed by atoms with Crippen LogP contribution in [0.15, 0.2) is 12.1 Å². The summed E-state index contributed by atoms with van der Waals surface area (Å²) in [6, 6.07) is 3.90. The predicted molar refractivity (Wildman–Crippen MR) is 72.5 cm³/mol. The average Bonchev–Trinajstić information content (AvgIpc) is 2.74. The summed E-state index contributed by atoms with van der Waals surface area (Å²) in [6.45, 7) is 2.78. The molecule has 0 amide bonds. The van der Waals surface area contributed by atoms with E-state index in [4.69, 9.17) is 17.3 Å². The van der Waals surface area contributed by atoms with Crippen LogP contribution in [0.25, 0.3) is 11.0 Å². The first-order chi connectivity index (χ1) is 8.22. The number of fused-ring (bicyclic) bond motifs is 1. The Morgan fingerprint density at radius 3 is 2.88 bits per heavy atom. The molecule has 2 aromatic rings. The van der Waals surface area contributed by atoms with E-state index in [1.165, 1.54) is 0 Å². The first-order valence-electron chi connectivity index (χ1n) is 6.06. The molecule has 92 valence electrons. The molecule has 2 rings (SSSR count). The van der Waals surface area contributed by atoms with Crippen molar-refractivity contribution in [2.75, 3.05) is 6.54 Å². The second-order valence-corrected chi connectivity index (χ2v) is 4.76. The Balaban J connectivity index is 2.12. The highest BCUT2D eigenvalue weighted by Gasteiger charge is 2.07. The normalized spacial score (nSPS) is 11.2. The van der Waals surface area contributed by atoms with Gasteiger partial charge in [-0.15, -0.1) is 0 Å². The van der Waals surface area contributed by atoms with Gasteiger partial charge in [-0.1, -0.05) is 18.0 Å². The number of benzene rings is 1. The average molecular weight is 252 g/mol. The molecular weight excluding hydrogens is 234 g/mol. The van der Waals surface area contributed by atoms with Gasteiger partial charge in [0.05, 0.1) is 11.0 Å². The fraction of sp³-hybridized carbons (Fsp3) is 0.462. The lowest BCUT2D eigenvalue weighted by atomic mass is 10.2. The molecule has 0 bridgehead atoms. The molecule has 3 N–H and O–H groups in total. The molecule has 0 atom stereocenters. The van der Waals surface area contributed by atoms with Crippen LogP contribution >= 0.6 is 11.6 Å². The number of aromatic amines is 1. The van der Waals surface area contributed by atoms with E-state index in [0.717, 1.165) is 59.7 Å². The van der Waals surface area contributed by atoms with Crippen molar-refractivity contribution < 1.29 is 0 Å². The third-order valence-corrected chi connectivity index (χ3v) is 3.42. The Bertz CT molecular complexity index is 505. The lowest BCUT2D eigenvalue weighted by Crippen LogP contribution is -1.98. The van der Waals surface area contributed by atoms with Gasteiger partial charge in [-0.2, -0.15) is 0 Å². The van der Waals surface area contributed by atoms with Crippen LogP contribution < -0.4 is 5.73 Å². The largest absolute Gasteiger partial charge is 0.342 e. The molecule has 0 fully saturated rings. The molecule has 1 aromatic carbocycles. The van der Waals surface area contributed by atoms with Crippen LogP contribution in [0.5, 0.6) is 0 Å². The molecule has 0 radical (unpaired) electrons. The Hall–Kier alpha value is -1.06. The highest BCUT2D eigenvalue weighted by atomic mass is 35.5. The van der Waals surface area contributed by atoms with Crippen LogP contribution in [0.3, 0.4) is 0 Å². The first-order valence-corrected chi connectivity index (χ1v) is 6.44. The van der Waals surface area contributed by atoms with Gasteiger partial charge < -0.3 is 10.7 Å². The summed E-state index contributed by atoms with van der Waals surface area (Å²) in [7, 11) is 0. The van der Waals surface area contributed by atoms with Crippen molar-refractivity contribution in [1.29, 1.82) is 0 Å². The van der Waals surface area contributed by atoms with Crippen LogP contribution in [0.1, 0.15) is 30.7 Å². The van der Waals surface area contributed by atoms with E-state index in [0.29, 0.717) is 0 Å². The summed E-state index contributed by atoms with van der Waals surface area (Å²) < 4.78 is 0. The number of halogens is 1. The highest BCUT2D eigenvalue weighted by Crippen LogP contribution is 2.23. The number of hydrogen-bond acceptors (Lipinski definition) is 2. The zero-order valence-corrected chi connectivity index (χ0v) is 10.8. The van der Waals surface area contributed by atoms with E-state index in [9.17, 15) is 0 Å². The number of nitrogens with two attached hydrogens (primary N) is 1. The topological polar surface area (TPSA) is 54.7 Å². The number of imidazole rings is 1. The van der Waals surface area contributed by atoms with Gasteiger partial charge in [0.25, 0.3) is 0 Å². The summed E-state index contributed by atoms with van der Waals surface area (Å²) in [5.41, 5.74) is 8.58. The Labute approximate surface area is 106 Å². The molecule has 1 heterocycles. The van der Waals surface area contributed by atoms with E-state index in [-0.39, 0.29) is 0 Å². The summed E-state index contributed by atoms with van der Waals surface area (Å²) in [5.74, 6) is 1.04. The maximum absolute atomic E-state index is 6.07. The van der Waals surface area contributed by atoms with Crippen molar-refractivity contribution in [1.82, 2.24) is 9.97 Å². The number of rotatable bonds is 5. The minimum absolute atomic E-state index is 0.773. The van der Waals surface area contributed by atoms with Crippen molar-refractivity contribution >= 4 is 22.6 Å². The number of unbranched alkanes of at least 4 members (excludes halogenated alkanes) is 2. The number of hydrogen-bond donors (Lipinski definition) is 2. The number of aryl methyl sites for hydroxylation is 2. The van der Waals surface area contributed by atoms with Crippen LogP contribution in [0.2, 0.25) is 5.02 Å². The fourth-order valence-electron chi connectivity index (χ4n) is 1.97. The molecule has 1 aromatic heterocycles. The van der Waals surface area contributed by atoms with Crippen molar-refractivity contribution in [3.63, 3.8) is 0 Å². The summed E-state index contributed by atoms with van der Waals surface area (Å²) in [4.78, 5) is 7.94. The molecule has 0 saturated carbocycles. The van der Waals surface area contributed by atoms with Gasteiger partial charge in [0, 0.05) is 11.4 Å². The predicted octanol–water partition coefficient (Wildman–Crippen LogP) is 3.20. The van der Waals surface area contributed by atoms with Crippen LogP contribution in [-0.2, 0) is 6.42 Å². The molecule has 3 nitrogen and oxygen atoms in total. The minimum atomic E-state index is 0.773. The van der Waals surface area contributed by atoms with Crippen molar-refractivity contribution in [2.45, 2.75) is 32.6 Å². The molecular formula is C13H18ClN3. The van der Waals surface area contributed by atoms with Crippen molar-refractivity contribution in [3.8, 4) is 0 Å². The minimum Gasteiger partial charge on any atom is -0.342 e. The highest BCUT2D eigenvalue weighted by molar-refractivity contribution is 6.32. The molecule has 4 heteroatoms. The van der Waals surface area contributed by atoms with E-state index in [2.05, 4.69) is 9.97 Å². The van der Waals surface area contributed by atoms with E-state index >= 15 is 0 Å². The third-order valence-electron chi connectivity index (χ3n) is 3.01. The number of aromatic nitrogens is 2. The quantitative estimate of drug-likeness (QED) is 0.802. The summed E-state index contributed by atoms with van der Waals surface area (Å²) in [5, 5.41) is 0.777. The molecule has 0 aliphatic carbocycles. The van der Waals surface area contributed by atoms with Crippen LogP contribution in [0, 0.1) is 6.92 Å². The van der Waals surface area contributed by atoms with Gasteiger partial charge in [0.1, 0.15) is 5.82 Å². The molecule has 0 aliphatic heterocycles. The van der Waals surface area contributed by atoms with E-state index < -0.39 is 0 Å². The van der Waals surface area contributed by atoms with Gasteiger partial charge in [0.2, 0.25) is 0 Å². The standard InChI is InChI=1S/C13H18ClN3/c1-9-10(14)6-7-11-13(9)17-12(16-11)5-3-2-4-8-15/h6-7H,2-5,8,15H2,1H3,(H,16,17). The van der Waals surface area contributed by atoms with Gasteiger partial charge >= 0.3 is 0 Å². The van der Waals surface area contributed by atoms with Gasteiger partial charge in [0.15, 0.2) is 0 Å².